The quantitative estimate of drug-likeness (QED) is 0.0236. The summed E-state index contributed by atoms with van der Waals surface area (Å²) in [6.45, 7) is 0.0218. The van der Waals surface area contributed by atoms with Crippen molar-refractivity contribution in [2.24, 2.45) is 17.2 Å². The van der Waals surface area contributed by atoms with E-state index in [-0.39, 0.29) is 156 Å². The van der Waals surface area contributed by atoms with Crippen LogP contribution in [0, 0.1) is 29.1 Å². The average molecular weight is 1690 g/mol. The van der Waals surface area contributed by atoms with Gasteiger partial charge in [-0.1, -0.05) is 102 Å². The van der Waals surface area contributed by atoms with Gasteiger partial charge in [-0.15, -0.1) is 0 Å². The molecular weight excluding hydrogens is 1590 g/mol. The van der Waals surface area contributed by atoms with Crippen LogP contribution in [-0.4, -0.2) is 183 Å². The molecule has 0 atom stereocenters. The molecule has 29 heteroatoms. The normalized spacial score (nSPS) is 10.7. The summed E-state index contributed by atoms with van der Waals surface area (Å²) in [7, 11) is 1.54. The number of benzene rings is 6. The number of methoxy groups -OCH3 is 1. The minimum Gasteiger partial charge on any atom is -0.495 e. The summed E-state index contributed by atoms with van der Waals surface area (Å²) in [5.41, 5.74) is 23.9. The molecule has 9 rings (SSSR count). The highest BCUT2D eigenvalue weighted by Gasteiger charge is 2.27. The second-order valence-corrected chi connectivity index (χ2v) is 29.5. The van der Waals surface area contributed by atoms with Crippen LogP contribution in [0.4, 0.5) is 22.0 Å². The predicted molar refractivity (Wildman–Crippen MR) is 450 cm³/mol. The molecule has 0 saturated carbocycles. The van der Waals surface area contributed by atoms with Gasteiger partial charge in [0, 0.05) is 117 Å². The van der Waals surface area contributed by atoms with Gasteiger partial charge in [0.1, 0.15) is 34.8 Å². The Labute approximate surface area is 707 Å². The van der Waals surface area contributed by atoms with E-state index in [0.717, 1.165) is 64.0 Å². The maximum atomic E-state index is 13.3. The van der Waals surface area contributed by atoms with Gasteiger partial charge in [0.05, 0.1) is 52.6 Å². The van der Waals surface area contributed by atoms with E-state index in [9.17, 15) is 65.1 Å². The number of rotatable bonds is 46. The zero-order valence-electron chi connectivity index (χ0n) is 67.3. The molecule has 3 heterocycles. The van der Waals surface area contributed by atoms with Crippen LogP contribution in [0.25, 0.3) is 0 Å². The standard InChI is InChI=1S/C31H36F2N4O4.C30H33Cl2FN4O3.C30H34F2N4O3/c1-41-28-15-14-27(35-20-28)17-19-36(21-29(34)38)31(40)22-37(18-16-24-8-12-26(33)13-9-24)30(39)5-3-2-4-23-6-10-25(32)11-7-23;31-24-11-10-23(27(32)19-24)5-1-2-7-29(39)37(17-14-22-8-12-25(33)13-9-22)21-30(40)36(20-28(34)38)18-15-26-6-3-4-16-35-26;31-25-12-8-23(9-13-25)5-1-2-7-29(38)36(19-16-24-10-14-26(32)15-11-24)22-30(39)35(21-28(33)37)20-17-27-6-3-4-18-34-27/h6-15,20H,2-5,16-19,21-22H2,1H3,(H2,34,38);3-4,6,8-13,16,19H,1-2,5,7,14-15,17-18,20-21H2,(H2,34,38);3-4,6,8-15,18H,1-2,5,7,16-17,19-22H2,(H2,33,37). The first-order chi connectivity index (χ1) is 57.7. The lowest BCUT2D eigenvalue weighted by atomic mass is 10.1. The molecule has 120 heavy (non-hydrogen) atoms. The van der Waals surface area contributed by atoms with Gasteiger partial charge in [0.15, 0.2) is 0 Å². The lowest BCUT2D eigenvalue weighted by Gasteiger charge is -2.27. The topological polar surface area (TPSA) is 299 Å². The second-order valence-electron chi connectivity index (χ2n) is 28.6. The number of hydrogen-bond donors (Lipinski definition) is 3. The number of carbonyl (C=O) groups is 9. The first kappa shape index (κ1) is 95.2. The number of ether oxygens (including phenoxy) is 1. The fraction of sp³-hybridized carbons (Fsp3) is 0.341. The number of aryl methyl sites for hydroxylation is 3. The van der Waals surface area contributed by atoms with Crippen molar-refractivity contribution in [3.8, 4) is 5.75 Å². The van der Waals surface area contributed by atoms with Crippen molar-refractivity contribution in [2.75, 3.05) is 85.6 Å². The van der Waals surface area contributed by atoms with Gasteiger partial charge in [0.2, 0.25) is 53.2 Å². The lowest BCUT2D eigenvalue weighted by Crippen LogP contribution is -2.47. The SMILES string of the molecule is COc1ccc(CCN(CC(N)=O)C(=O)CN(CCc2ccc(F)cc2)C(=O)CCCCc2ccc(F)cc2)nc1.NC(=O)CN(CCc1ccccn1)C(=O)CN(CCc1ccc(F)cc1)C(=O)CCCCc1ccc(Cl)cc1Cl.NC(=O)CN(CCc1ccccn1)C(=O)CN(CCc1ccc(F)cc1)C(=O)CCCCc1ccc(F)cc1. The molecule has 9 amide bonds. The monoisotopic (exact) mass is 1690 g/mol. The Morgan fingerprint density at radius 2 is 0.625 bits per heavy atom. The molecule has 636 valence electrons. The first-order valence-electron chi connectivity index (χ1n) is 39.7. The van der Waals surface area contributed by atoms with Gasteiger partial charge < -0.3 is 51.3 Å². The number of primary amides is 3. The number of amides is 9. The van der Waals surface area contributed by atoms with Gasteiger partial charge >= 0.3 is 0 Å². The van der Waals surface area contributed by atoms with E-state index in [4.69, 9.17) is 45.1 Å². The smallest absolute Gasteiger partial charge is 0.242 e. The van der Waals surface area contributed by atoms with E-state index in [1.54, 1.807) is 123 Å². The van der Waals surface area contributed by atoms with Crippen LogP contribution >= 0.6 is 23.2 Å². The number of unbranched alkanes of at least 4 members (excludes halogenated alkanes) is 3. The summed E-state index contributed by atoms with van der Waals surface area (Å²) in [6, 6.07) is 50.4. The highest BCUT2D eigenvalue weighted by atomic mass is 35.5. The molecule has 6 aromatic carbocycles. The van der Waals surface area contributed by atoms with Gasteiger partial charge in [-0.2, -0.15) is 0 Å². The molecule has 0 spiro atoms. The molecular formula is C91H103Cl2F5N12O10. The van der Waals surface area contributed by atoms with E-state index < -0.39 is 23.6 Å². The maximum absolute atomic E-state index is 13.3. The van der Waals surface area contributed by atoms with Crippen LogP contribution in [0.15, 0.2) is 207 Å². The molecule has 0 saturated heterocycles. The Morgan fingerprint density at radius 1 is 0.325 bits per heavy atom. The van der Waals surface area contributed by atoms with Crippen molar-refractivity contribution in [2.45, 2.75) is 116 Å². The third-order valence-corrected chi connectivity index (χ3v) is 20.0. The van der Waals surface area contributed by atoms with Crippen molar-refractivity contribution in [3.05, 3.63) is 296 Å². The zero-order chi connectivity index (χ0) is 86.6. The average Bonchev–Trinajstić information content (AvgIpc) is 0.892. The van der Waals surface area contributed by atoms with Gasteiger partial charge in [0.25, 0.3) is 0 Å². The molecule has 0 fully saturated rings. The molecule has 3 aromatic heterocycles. The number of hydrogen-bond acceptors (Lipinski definition) is 13. The van der Waals surface area contributed by atoms with Gasteiger partial charge in [-0.3, -0.25) is 58.1 Å². The van der Waals surface area contributed by atoms with Crippen molar-refractivity contribution in [1.82, 2.24) is 44.4 Å². The third-order valence-electron chi connectivity index (χ3n) is 19.4. The Kier molecular flexibility index (Phi) is 41.3. The number of halogens is 7. The Bertz CT molecular complexity index is 4690. The van der Waals surface area contributed by atoms with E-state index in [0.29, 0.717) is 98.5 Å². The molecule has 0 unspecified atom stereocenters. The van der Waals surface area contributed by atoms with Crippen LogP contribution in [0.5, 0.6) is 5.75 Å². The summed E-state index contributed by atoms with van der Waals surface area (Å²) in [5.74, 6) is -4.71. The van der Waals surface area contributed by atoms with E-state index in [2.05, 4.69) is 15.0 Å². The van der Waals surface area contributed by atoms with Crippen LogP contribution in [-0.2, 0) is 101 Å². The van der Waals surface area contributed by atoms with Crippen LogP contribution in [0.1, 0.15) is 108 Å². The molecule has 9 aromatic rings. The summed E-state index contributed by atoms with van der Waals surface area (Å²) in [5, 5.41) is 1.15. The number of aromatic nitrogens is 3. The summed E-state index contributed by atoms with van der Waals surface area (Å²) in [6.07, 6.45) is 14.2. The van der Waals surface area contributed by atoms with Crippen molar-refractivity contribution < 1.29 is 69.8 Å². The van der Waals surface area contributed by atoms with Crippen LogP contribution in [0.3, 0.4) is 0 Å². The molecule has 0 bridgehead atoms. The minimum absolute atomic E-state index is 0.179. The van der Waals surface area contributed by atoms with Crippen molar-refractivity contribution >= 4 is 76.4 Å². The summed E-state index contributed by atoms with van der Waals surface area (Å²) in [4.78, 5) is 136. The van der Waals surface area contributed by atoms with Gasteiger partial charge in [-0.25, -0.2) is 22.0 Å². The Hall–Kier alpha value is -12.0. The highest BCUT2D eigenvalue weighted by molar-refractivity contribution is 6.35. The number of pyridine rings is 3. The zero-order valence-corrected chi connectivity index (χ0v) is 68.8. The minimum atomic E-state index is -0.661. The number of nitrogens with two attached hydrogens (primary N) is 3. The largest absolute Gasteiger partial charge is 0.495 e. The number of carbonyl (C=O) groups excluding carboxylic acids is 9. The van der Waals surface area contributed by atoms with E-state index >= 15 is 0 Å². The van der Waals surface area contributed by atoms with E-state index in [1.165, 1.54) is 90.1 Å². The maximum Gasteiger partial charge on any atom is 0.242 e. The highest BCUT2D eigenvalue weighted by Crippen LogP contribution is 2.24. The summed E-state index contributed by atoms with van der Waals surface area (Å²) >= 11 is 12.2. The first-order valence-corrected chi connectivity index (χ1v) is 40.5. The van der Waals surface area contributed by atoms with Crippen LogP contribution in [0.2, 0.25) is 10.0 Å². The van der Waals surface area contributed by atoms with E-state index in [1.807, 2.05) is 30.3 Å². The fourth-order valence-corrected chi connectivity index (χ4v) is 13.2. The molecule has 0 radical (unpaired) electrons. The predicted octanol–water partition coefficient (Wildman–Crippen LogP) is 12.3. The molecule has 0 aliphatic heterocycles. The molecule has 6 N–H and O–H groups in total. The molecule has 0 aliphatic rings. The van der Waals surface area contributed by atoms with Gasteiger partial charge in [-0.05, 0) is 220 Å². The van der Waals surface area contributed by atoms with Crippen molar-refractivity contribution in [3.63, 3.8) is 0 Å². The summed E-state index contributed by atoms with van der Waals surface area (Å²) < 4.78 is 71.4. The lowest BCUT2D eigenvalue weighted by molar-refractivity contribution is -0.141. The Balaban J connectivity index is 0.000000248. The second kappa shape index (κ2) is 52.1. The Morgan fingerprint density at radius 3 is 0.908 bits per heavy atom. The molecule has 0 aliphatic carbocycles. The van der Waals surface area contributed by atoms with Crippen LogP contribution < -0.4 is 21.9 Å². The third kappa shape index (κ3) is 36.9. The number of nitrogens with zero attached hydrogens (tertiary/aromatic N) is 9. The molecule has 22 nitrogen and oxygen atoms in total. The van der Waals surface area contributed by atoms with Crippen molar-refractivity contribution in [1.29, 1.82) is 0 Å². The fourth-order valence-electron chi connectivity index (χ4n) is 12.7.